The molecule has 0 saturated heterocycles. The predicted octanol–water partition coefficient (Wildman–Crippen LogP) is 6.09. The van der Waals surface area contributed by atoms with Crippen LogP contribution in [-0.2, 0) is 5.60 Å². The predicted molar refractivity (Wildman–Crippen MR) is 128 cm³/mol. The molecule has 0 aliphatic rings. The number of benzene rings is 4. The van der Waals surface area contributed by atoms with Crippen LogP contribution in [0.1, 0.15) is 16.7 Å². The van der Waals surface area contributed by atoms with Crippen LogP contribution in [0.25, 0.3) is 22.4 Å². The molecule has 1 heterocycles. The first-order valence-corrected chi connectivity index (χ1v) is 10.6. The molecule has 3 nitrogen and oxygen atoms in total. The Bertz CT molecular complexity index is 1270. The fourth-order valence-electron chi connectivity index (χ4n) is 4.19. The number of hydrogen-bond acceptors (Lipinski definition) is 3. The third-order valence-corrected chi connectivity index (χ3v) is 5.73. The van der Waals surface area contributed by atoms with Crippen LogP contribution in [0.2, 0.25) is 0 Å². The summed E-state index contributed by atoms with van der Waals surface area (Å²) in [5.41, 5.74) is 4.35. The van der Waals surface area contributed by atoms with Gasteiger partial charge in [0.15, 0.2) is 0 Å². The molecule has 0 saturated carbocycles. The number of aliphatic hydroxyl groups is 1. The van der Waals surface area contributed by atoms with Crippen molar-refractivity contribution in [3.8, 4) is 22.4 Å². The Morgan fingerprint density at radius 1 is 0.531 bits per heavy atom. The van der Waals surface area contributed by atoms with E-state index in [0.29, 0.717) is 5.56 Å². The van der Waals surface area contributed by atoms with Crippen LogP contribution in [0.15, 0.2) is 128 Å². The van der Waals surface area contributed by atoms with Gasteiger partial charge in [-0.1, -0.05) is 121 Å². The molecule has 1 N–H and O–H groups in total. The summed E-state index contributed by atoms with van der Waals surface area (Å²) < 4.78 is 0. The van der Waals surface area contributed by atoms with E-state index in [4.69, 9.17) is 0 Å². The highest BCUT2D eigenvalue weighted by Crippen LogP contribution is 2.44. The van der Waals surface area contributed by atoms with Crippen LogP contribution in [0, 0.1) is 0 Å². The minimum atomic E-state index is -1.41. The van der Waals surface area contributed by atoms with E-state index in [9.17, 15) is 5.11 Å². The molecular formula is C29H22N2O. The highest BCUT2D eigenvalue weighted by atomic mass is 16.3. The molecule has 0 aliphatic heterocycles. The maximum Gasteiger partial charge on any atom is 0.142 e. The molecule has 0 bridgehead atoms. The molecule has 1 aromatic heterocycles. The number of rotatable bonds is 5. The van der Waals surface area contributed by atoms with E-state index in [1.54, 1.807) is 6.20 Å². The van der Waals surface area contributed by atoms with Gasteiger partial charge < -0.3 is 5.11 Å². The Balaban J connectivity index is 1.88. The molecule has 0 unspecified atom stereocenters. The van der Waals surface area contributed by atoms with Crippen LogP contribution < -0.4 is 0 Å². The summed E-state index contributed by atoms with van der Waals surface area (Å²) in [4.78, 5) is 0. The zero-order chi connectivity index (χ0) is 21.8. The molecule has 0 fully saturated rings. The fourth-order valence-corrected chi connectivity index (χ4v) is 4.19. The second kappa shape index (κ2) is 8.58. The van der Waals surface area contributed by atoms with Gasteiger partial charge in [0, 0.05) is 16.7 Å². The van der Waals surface area contributed by atoms with Crippen LogP contribution >= 0.6 is 0 Å². The van der Waals surface area contributed by atoms with Crippen molar-refractivity contribution < 1.29 is 5.11 Å². The van der Waals surface area contributed by atoms with E-state index in [2.05, 4.69) is 10.2 Å². The number of hydrogen-bond donors (Lipinski definition) is 1. The molecule has 0 radical (unpaired) electrons. The van der Waals surface area contributed by atoms with Gasteiger partial charge in [0.05, 0.1) is 6.20 Å². The van der Waals surface area contributed by atoms with E-state index in [0.717, 1.165) is 33.5 Å². The van der Waals surface area contributed by atoms with Gasteiger partial charge in [-0.3, -0.25) is 0 Å². The topological polar surface area (TPSA) is 46.0 Å². The minimum absolute atomic E-state index is 0.690. The van der Waals surface area contributed by atoms with E-state index >= 15 is 0 Å². The quantitative estimate of drug-likeness (QED) is 0.378. The van der Waals surface area contributed by atoms with Crippen molar-refractivity contribution in [1.82, 2.24) is 10.2 Å². The first kappa shape index (κ1) is 19.9. The maximum absolute atomic E-state index is 12.5. The highest BCUT2D eigenvalue weighted by molar-refractivity contribution is 5.84. The third-order valence-electron chi connectivity index (χ3n) is 5.73. The van der Waals surface area contributed by atoms with Crippen molar-refractivity contribution in [2.75, 3.05) is 0 Å². The largest absolute Gasteiger partial charge is 0.376 e. The van der Waals surface area contributed by atoms with Crippen molar-refractivity contribution in [3.63, 3.8) is 0 Å². The average molecular weight is 415 g/mol. The second-order valence-corrected chi connectivity index (χ2v) is 7.66. The Kier molecular flexibility index (Phi) is 5.32. The molecule has 32 heavy (non-hydrogen) atoms. The average Bonchev–Trinajstić information content (AvgIpc) is 2.90. The van der Waals surface area contributed by atoms with Gasteiger partial charge in [0.25, 0.3) is 0 Å². The lowest BCUT2D eigenvalue weighted by Crippen LogP contribution is -2.30. The van der Waals surface area contributed by atoms with Crippen molar-refractivity contribution >= 4 is 0 Å². The van der Waals surface area contributed by atoms with Gasteiger partial charge in [0.1, 0.15) is 11.3 Å². The van der Waals surface area contributed by atoms with Gasteiger partial charge in [-0.2, -0.15) is 5.10 Å². The minimum Gasteiger partial charge on any atom is -0.376 e. The zero-order valence-corrected chi connectivity index (χ0v) is 17.5. The first-order chi connectivity index (χ1) is 15.8. The van der Waals surface area contributed by atoms with Crippen LogP contribution in [0.5, 0.6) is 0 Å². The Labute approximate surface area is 187 Å². The Hall–Kier alpha value is -4.08. The molecule has 5 aromatic rings. The molecule has 0 atom stereocenters. The SMILES string of the molecule is OC(c1ccccc1)(c1ccccc1)c1cnnc(-c2ccccc2)c1-c1ccccc1. The monoisotopic (exact) mass is 414 g/mol. The normalized spacial score (nSPS) is 11.3. The number of aromatic nitrogens is 2. The maximum atomic E-state index is 12.5. The molecule has 154 valence electrons. The summed E-state index contributed by atoms with van der Waals surface area (Å²) in [5.74, 6) is 0. The van der Waals surface area contributed by atoms with Crippen molar-refractivity contribution in [2.24, 2.45) is 0 Å². The summed E-state index contributed by atoms with van der Waals surface area (Å²) in [6.45, 7) is 0. The van der Waals surface area contributed by atoms with Gasteiger partial charge in [-0.05, 0) is 16.7 Å². The van der Waals surface area contributed by atoms with E-state index < -0.39 is 5.60 Å². The third kappa shape index (κ3) is 3.49. The summed E-state index contributed by atoms with van der Waals surface area (Å²) in [6.07, 6.45) is 1.69. The van der Waals surface area contributed by atoms with Gasteiger partial charge in [-0.25, -0.2) is 0 Å². The zero-order valence-electron chi connectivity index (χ0n) is 17.5. The summed E-state index contributed by atoms with van der Waals surface area (Å²) in [5, 5.41) is 21.4. The molecule has 4 aromatic carbocycles. The van der Waals surface area contributed by atoms with Crippen molar-refractivity contribution in [3.05, 3.63) is 144 Å². The van der Waals surface area contributed by atoms with Gasteiger partial charge in [0.2, 0.25) is 0 Å². The van der Waals surface area contributed by atoms with Crippen LogP contribution in [0.4, 0.5) is 0 Å². The van der Waals surface area contributed by atoms with Crippen molar-refractivity contribution in [2.45, 2.75) is 5.60 Å². The fraction of sp³-hybridized carbons (Fsp3) is 0.0345. The molecule has 0 spiro atoms. The molecule has 0 aliphatic carbocycles. The summed E-state index contributed by atoms with van der Waals surface area (Å²) in [7, 11) is 0. The van der Waals surface area contributed by atoms with E-state index in [1.807, 2.05) is 121 Å². The molecule has 0 amide bonds. The van der Waals surface area contributed by atoms with Crippen molar-refractivity contribution in [1.29, 1.82) is 0 Å². The van der Waals surface area contributed by atoms with Gasteiger partial charge >= 0.3 is 0 Å². The summed E-state index contributed by atoms with van der Waals surface area (Å²) in [6, 6.07) is 39.5. The molecule has 5 rings (SSSR count). The van der Waals surface area contributed by atoms with Crippen LogP contribution in [0.3, 0.4) is 0 Å². The lowest BCUT2D eigenvalue weighted by Gasteiger charge is -2.32. The lowest BCUT2D eigenvalue weighted by molar-refractivity contribution is 0.126. The smallest absolute Gasteiger partial charge is 0.142 e. The van der Waals surface area contributed by atoms with Gasteiger partial charge in [-0.15, -0.1) is 5.10 Å². The standard InChI is InChI=1S/C29H22N2O/c32-29(24-17-9-3-10-18-24,25-19-11-4-12-20-25)26-21-30-31-28(23-15-7-2-8-16-23)27(26)22-13-5-1-6-14-22/h1-21,32H. The number of nitrogens with zero attached hydrogens (tertiary/aromatic N) is 2. The highest BCUT2D eigenvalue weighted by Gasteiger charge is 2.37. The molecular weight excluding hydrogens is 392 g/mol. The van der Waals surface area contributed by atoms with Crippen LogP contribution in [-0.4, -0.2) is 15.3 Å². The second-order valence-electron chi connectivity index (χ2n) is 7.66. The Morgan fingerprint density at radius 3 is 1.47 bits per heavy atom. The Morgan fingerprint density at radius 2 is 0.969 bits per heavy atom. The van der Waals surface area contributed by atoms with E-state index in [1.165, 1.54) is 0 Å². The van der Waals surface area contributed by atoms with E-state index in [-0.39, 0.29) is 0 Å². The molecule has 3 heteroatoms. The lowest BCUT2D eigenvalue weighted by atomic mass is 9.77. The first-order valence-electron chi connectivity index (χ1n) is 10.6. The summed E-state index contributed by atoms with van der Waals surface area (Å²) >= 11 is 0.